The van der Waals surface area contributed by atoms with Crippen molar-refractivity contribution in [3.05, 3.63) is 136 Å². The molecule has 0 bridgehead atoms. The van der Waals surface area contributed by atoms with Gasteiger partial charge in [0.25, 0.3) is 5.69 Å². The fourth-order valence-electron chi connectivity index (χ4n) is 3.89. The van der Waals surface area contributed by atoms with Gasteiger partial charge in [-0.2, -0.15) is 0 Å². The summed E-state index contributed by atoms with van der Waals surface area (Å²) >= 11 is 0. The van der Waals surface area contributed by atoms with E-state index in [2.05, 4.69) is 41.7 Å². The molecule has 0 aliphatic rings. The average Bonchev–Trinajstić information content (AvgIpc) is 2.84. The molecular formula is C26H22N2O3. The summed E-state index contributed by atoms with van der Waals surface area (Å²) in [5.74, 6) is 0.526. The van der Waals surface area contributed by atoms with Gasteiger partial charge in [0.05, 0.1) is 17.7 Å². The summed E-state index contributed by atoms with van der Waals surface area (Å²) in [4.78, 5) is 11.1. The van der Waals surface area contributed by atoms with E-state index in [0.717, 1.165) is 16.7 Å². The number of ether oxygens (including phenoxy) is 1. The zero-order valence-electron chi connectivity index (χ0n) is 17.1. The molecule has 0 fully saturated rings. The summed E-state index contributed by atoms with van der Waals surface area (Å²) in [5, 5.41) is 15.1. The van der Waals surface area contributed by atoms with Gasteiger partial charge in [0, 0.05) is 12.1 Å². The number of nitrogens with one attached hydrogen (secondary N) is 1. The highest BCUT2D eigenvalue weighted by Gasteiger charge is 2.37. The summed E-state index contributed by atoms with van der Waals surface area (Å²) in [7, 11) is 1.56. The van der Waals surface area contributed by atoms with Crippen molar-refractivity contribution in [3.8, 4) is 5.75 Å². The maximum absolute atomic E-state index is 11.5. The number of rotatable bonds is 7. The number of non-ortho nitro benzene ring substituents is 1. The second kappa shape index (κ2) is 8.71. The van der Waals surface area contributed by atoms with Gasteiger partial charge in [0.2, 0.25) is 0 Å². The Morgan fingerprint density at radius 3 is 1.58 bits per heavy atom. The quantitative estimate of drug-likeness (QED) is 0.230. The van der Waals surface area contributed by atoms with E-state index in [1.807, 2.05) is 54.6 Å². The van der Waals surface area contributed by atoms with Gasteiger partial charge >= 0.3 is 0 Å². The lowest BCUT2D eigenvalue weighted by atomic mass is 9.76. The number of nitro groups is 1. The third-order valence-electron chi connectivity index (χ3n) is 5.34. The van der Waals surface area contributed by atoms with Crippen molar-refractivity contribution in [2.75, 3.05) is 12.4 Å². The molecule has 0 heterocycles. The SMILES string of the molecule is COc1ccc([N+](=O)[O-])cc1NC(c1ccccc1)(c1ccccc1)c1ccccc1. The maximum atomic E-state index is 11.5. The predicted octanol–water partition coefficient (Wildman–Crippen LogP) is 6.01. The van der Waals surface area contributed by atoms with Crippen LogP contribution in [-0.2, 0) is 5.54 Å². The lowest BCUT2D eigenvalue weighted by molar-refractivity contribution is -0.384. The number of nitro benzene ring substituents is 1. The lowest BCUT2D eigenvalue weighted by Crippen LogP contribution is -2.38. The van der Waals surface area contributed by atoms with Gasteiger partial charge in [-0.15, -0.1) is 0 Å². The van der Waals surface area contributed by atoms with Gasteiger partial charge in [-0.1, -0.05) is 91.0 Å². The number of hydrogen-bond acceptors (Lipinski definition) is 4. The van der Waals surface area contributed by atoms with Crippen LogP contribution in [0.1, 0.15) is 16.7 Å². The van der Waals surface area contributed by atoms with Crippen molar-refractivity contribution >= 4 is 11.4 Å². The van der Waals surface area contributed by atoms with Crippen LogP contribution in [-0.4, -0.2) is 12.0 Å². The molecule has 0 atom stereocenters. The van der Waals surface area contributed by atoms with Crippen molar-refractivity contribution in [1.29, 1.82) is 0 Å². The second-order valence-corrected chi connectivity index (χ2v) is 7.11. The van der Waals surface area contributed by atoms with E-state index >= 15 is 0 Å². The number of anilines is 1. The minimum Gasteiger partial charge on any atom is -0.495 e. The molecule has 1 N–H and O–H groups in total. The number of methoxy groups -OCH3 is 1. The van der Waals surface area contributed by atoms with Crippen LogP contribution in [0.4, 0.5) is 11.4 Å². The minimum absolute atomic E-state index is 0.00798. The van der Waals surface area contributed by atoms with Crippen LogP contribution in [0.25, 0.3) is 0 Å². The van der Waals surface area contributed by atoms with Crippen molar-refractivity contribution in [2.45, 2.75) is 5.54 Å². The van der Waals surface area contributed by atoms with Crippen LogP contribution in [0.3, 0.4) is 0 Å². The van der Waals surface area contributed by atoms with Crippen LogP contribution in [0.15, 0.2) is 109 Å². The number of hydrogen-bond donors (Lipinski definition) is 1. The molecule has 0 saturated heterocycles. The summed E-state index contributed by atoms with van der Waals surface area (Å²) in [6, 6.07) is 34.7. The second-order valence-electron chi connectivity index (χ2n) is 7.11. The van der Waals surface area contributed by atoms with E-state index in [9.17, 15) is 10.1 Å². The molecule has 0 aromatic heterocycles. The Morgan fingerprint density at radius 2 is 1.19 bits per heavy atom. The Labute approximate surface area is 181 Å². The Hall–Kier alpha value is -4.12. The van der Waals surface area contributed by atoms with Crippen molar-refractivity contribution in [3.63, 3.8) is 0 Å². The van der Waals surface area contributed by atoms with Gasteiger partial charge in [-0.3, -0.25) is 10.1 Å². The van der Waals surface area contributed by atoms with Crippen LogP contribution in [0.2, 0.25) is 0 Å². The molecule has 4 rings (SSSR count). The molecule has 0 unspecified atom stereocenters. The van der Waals surface area contributed by atoms with Crippen LogP contribution < -0.4 is 10.1 Å². The molecule has 4 aromatic carbocycles. The first-order chi connectivity index (χ1) is 15.1. The normalized spacial score (nSPS) is 11.0. The van der Waals surface area contributed by atoms with Crippen LogP contribution in [0, 0.1) is 10.1 Å². The first kappa shape index (κ1) is 20.2. The van der Waals surface area contributed by atoms with Crippen molar-refractivity contribution in [2.24, 2.45) is 0 Å². The molecule has 4 aromatic rings. The van der Waals surface area contributed by atoms with E-state index in [-0.39, 0.29) is 5.69 Å². The predicted molar refractivity (Wildman–Crippen MR) is 122 cm³/mol. The molecule has 0 spiro atoms. The summed E-state index contributed by atoms with van der Waals surface area (Å²) in [6.07, 6.45) is 0. The molecule has 0 amide bonds. The van der Waals surface area contributed by atoms with Crippen molar-refractivity contribution in [1.82, 2.24) is 0 Å². The van der Waals surface area contributed by atoms with Gasteiger partial charge in [0.15, 0.2) is 0 Å². The van der Waals surface area contributed by atoms with Crippen LogP contribution in [0.5, 0.6) is 5.75 Å². The molecule has 0 saturated carbocycles. The fourth-order valence-corrected chi connectivity index (χ4v) is 3.89. The summed E-state index contributed by atoms with van der Waals surface area (Å²) in [6.45, 7) is 0. The van der Waals surface area contributed by atoms with E-state index in [1.165, 1.54) is 12.1 Å². The monoisotopic (exact) mass is 410 g/mol. The van der Waals surface area contributed by atoms with Crippen molar-refractivity contribution < 1.29 is 9.66 Å². The first-order valence-corrected chi connectivity index (χ1v) is 9.92. The summed E-state index contributed by atoms with van der Waals surface area (Å²) < 4.78 is 5.55. The third kappa shape index (κ3) is 3.85. The van der Waals surface area contributed by atoms with Gasteiger partial charge in [-0.05, 0) is 22.8 Å². The summed E-state index contributed by atoms with van der Waals surface area (Å²) in [5.41, 5.74) is 2.73. The molecular weight excluding hydrogens is 388 g/mol. The standard InChI is InChI=1S/C26H22N2O3/c1-31-25-18-17-23(28(29)30)19-24(25)27-26(20-11-5-2-6-12-20,21-13-7-3-8-14-21)22-15-9-4-10-16-22/h2-19,27H,1H3. The Kier molecular flexibility index (Phi) is 5.67. The lowest BCUT2D eigenvalue weighted by Gasteiger charge is -2.38. The molecule has 5 nitrogen and oxygen atoms in total. The topological polar surface area (TPSA) is 64.4 Å². The number of nitrogens with zero attached hydrogens (tertiary/aromatic N) is 1. The molecule has 0 aliphatic carbocycles. The van der Waals surface area contributed by atoms with E-state index in [1.54, 1.807) is 13.2 Å². The van der Waals surface area contributed by atoms with Crippen LogP contribution >= 0.6 is 0 Å². The van der Waals surface area contributed by atoms with Gasteiger partial charge in [0.1, 0.15) is 11.3 Å². The first-order valence-electron chi connectivity index (χ1n) is 9.92. The molecule has 0 radical (unpaired) electrons. The van der Waals surface area contributed by atoms with Gasteiger partial charge < -0.3 is 10.1 Å². The van der Waals surface area contributed by atoms with Gasteiger partial charge in [-0.25, -0.2) is 0 Å². The highest BCUT2D eigenvalue weighted by Crippen LogP contribution is 2.42. The van der Waals surface area contributed by atoms with E-state index in [4.69, 9.17) is 4.74 Å². The Morgan fingerprint density at radius 1 is 0.742 bits per heavy atom. The molecule has 154 valence electrons. The minimum atomic E-state index is -0.799. The molecule has 5 heteroatoms. The molecule has 31 heavy (non-hydrogen) atoms. The molecule has 0 aliphatic heterocycles. The maximum Gasteiger partial charge on any atom is 0.271 e. The van der Waals surface area contributed by atoms with E-state index < -0.39 is 10.5 Å². The van der Waals surface area contributed by atoms with E-state index in [0.29, 0.717) is 11.4 Å². The average molecular weight is 410 g/mol. The number of benzene rings is 4. The zero-order valence-corrected chi connectivity index (χ0v) is 17.1. The highest BCUT2D eigenvalue weighted by molar-refractivity contribution is 5.68. The fraction of sp³-hybridized carbons (Fsp3) is 0.0769. The smallest absolute Gasteiger partial charge is 0.271 e. The Bertz CT molecular complexity index is 1070. The zero-order chi connectivity index (χ0) is 21.7. The Balaban J connectivity index is 2.02. The third-order valence-corrected chi connectivity index (χ3v) is 5.34. The largest absolute Gasteiger partial charge is 0.495 e. The highest BCUT2D eigenvalue weighted by atomic mass is 16.6.